The normalized spacial score (nSPS) is 12.6. The van der Waals surface area contributed by atoms with E-state index < -0.39 is 89.5 Å². The molecule has 0 radical (unpaired) electrons. The Kier molecular flexibility index (Phi) is 19.8. The van der Waals surface area contributed by atoms with Crippen molar-refractivity contribution in [1.29, 1.82) is 0 Å². The van der Waals surface area contributed by atoms with Gasteiger partial charge in [0.15, 0.2) is 0 Å². The van der Waals surface area contributed by atoms with E-state index in [9.17, 15) is 0 Å². The first kappa shape index (κ1) is 30.5. The van der Waals surface area contributed by atoms with Crippen LogP contribution in [0.1, 0.15) is 0 Å². The fraction of sp³-hybridized carbons (Fsp3) is 1.00. The number of ether oxygens (including phenoxy) is 5. The van der Waals surface area contributed by atoms with Crippen LogP contribution in [0.5, 0.6) is 0 Å². The van der Waals surface area contributed by atoms with Gasteiger partial charge in [0.2, 0.25) is 0 Å². The molecule has 13 heteroatoms. The Morgan fingerprint density at radius 3 is 0.677 bits per heavy atom. The Balaban J connectivity index is 5.12. The quantitative estimate of drug-likeness (QED) is 0.0761. The van der Waals surface area contributed by atoms with Crippen LogP contribution in [-0.4, -0.2) is 157 Å². The van der Waals surface area contributed by atoms with Crippen LogP contribution in [0.4, 0.5) is 0 Å². The summed E-state index contributed by atoms with van der Waals surface area (Å²) in [5.74, 6) is 0. The van der Waals surface area contributed by atoms with E-state index >= 15 is 0 Å². The predicted molar refractivity (Wildman–Crippen MR) is 104 cm³/mol. The fourth-order valence-corrected chi connectivity index (χ4v) is 2.15. The molecule has 0 spiro atoms. The first-order chi connectivity index (χ1) is 15.0. The second-order valence-electron chi connectivity index (χ2n) is 6.66. The molecule has 0 amide bonds. The van der Waals surface area contributed by atoms with E-state index in [0.29, 0.717) is 0 Å². The molecule has 13 nitrogen and oxygen atoms in total. The van der Waals surface area contributed by atoms with E-state index in [4.69, 9.17) is 64.5 Å². The average molecular weight is 462 g/mol. The maximum atomic E-state index is 9.16. The molecule has 8 N–H and O–H groups in total. The van der Waals surface area contributed by atoms with Gasteiger partial charge in [0, 0.05) is 0 Å². The summed E-state index contributed by atoms with van der Waals surface area (Å²) in [5.41, 5.74) is 0. The standard InChI is InChI=1S/C18H38O13/c19-1-13(2-20)27-9-17(10-28-14(3-21)4-22)31-18(11-29-15(5-23)6-24)12-30-16(7-25)8-26/h13-26H,1-12H2. The number of hydrogen-bond donors (Lipinski definition) is 8. The molecule has 0 aromatic rings. The van der Waals surface area contributed by atoms with Gasteiger partial charge >= 0.3 is 0 Å². The van der Waals surface area contributed by atoms with Crippen molar-refractivity contribution in [2.75, 3.05) is 79.3 Å². The van der Waals surface area contributed by atoms with Gasteiger partial charge in [-0.25, -0.2) is 0 Å². The van der Waals surface area contributed by atoms with E-state index in [1.165, 1.54) is 0 Å². The molecule has 0 bridgehead atoms. The Morgan fingerprint density at radius 2 is 0.516 bits per heavy atom. The second kappa shape index (κ2) is 20.1. The van der Waals surface area contributed by atoms with Crippen molar-refractivity contribution in [2.24, 2.45) is 0 Å². The van der Waals surface area contributed by atoms with Crippen LogP contribution in [0, 0.1) is 0 Å². The Bertz CT molecular complexity index is 307. The largest absolute Gasteiger partial charge is 0.394 e. The van der Waals surface area contributed by atoms with Gasteiger partial charge in [-0.2, -0.15) is 0 Å². The maximum absolute atomic E-state index is 9.16. The SMILES string of the molecule is OCC(CO)OCC(COC(CO)CO)OC(COC(CO)CO)COC(CO)CO. The van der Waals surface area contributed by atoms with Crippen LogP contribution in [0.25, 0.3) is 0 Å². The summed E-state index contributed by atoms with van der Waals surface area (Å²) in [5, 5.41) is 73.3. The lowest BCUT2D eigenvalue weighted by molar-refractivity contribution is -0.169. The molecule has 0 aromatic heterocycles. The summed E-state index contributed by atoms with van der Waals surface area (Å²) < 4.78 is 27.3. The molecule has 0 aliphatic heterocycles. The number of aliphatic hydroxyl groups excluding tert-OH is 8. The minimum atomic E-state index is -0.857. The van der Waals surface area contributed by atoms with E-state index in [1.54, 1.807) is 0 Å². The highest BCUT2D eigenvalue weighted by molar-refractivity contribution is 4.68. The van der Waals surface area contributed by atoms with Crippen LogP contribution < -0.4 is 0 Å². The molecule has 0 saturated carbocycles. The van der Waals surface area contributed by atoms with E-state index in [0.717, 1.165) is 0 Å². The molecule has 0 aromatic carbocycles. The van der Waals surface area contributed by atoms with Crippen LogP contribution >= 0.6 is 0 Å². The molecule has 0 fully saturated rings. The summed E-state index contributed by atoms with van der Waals surface area (Å²) in [4.78, 5) is 0. The molecular weight excluding hydrogens is 424 g/mol. The summed E-state index contributed by atoms with van der Waals surface area (Å²) in [6, 6.07) is 0. The van der Waals surface area contributed by atoms with E-state index in [1.807, 2.05) is 0 Å². The van der Waals surface area contributed by atoms with Crippen molar-refractivity contribution >= 4 is 0 Å². The first-order valence-electron chi connectivity index (χ1n) is 10.00. The summed E-state index contributed by atoms with van der Waals surface area (Å²) in [6.45, 7) is -4.01. The van der Waals surface area contributed by atoms with Crippen molar-refractivity contribution in [3.05, 3.63) is 0 Å². The topological polar surface area (TPSA) is 208 Å². The Morgan fingerprint density at radius 1 is 0.323 bits per heavy atom. The summed E-state index contributed by atoms with van der Waals surface area (Å²) in [6.07, 6.45) is -5.06. The second-order valence-corrected chi connectivity index (χ2v) is 6.66. The predicted octanol–water partition coefficient (Wildman–Crippen LogP) is -4.78. The minimum Gasteiger partial charge on any atom is -0.394 e. The lowest BCUT2D eigenvalue weighted by Crippen LogP contribution is -2.41. The van der Waals surface area contributed by atoms with Crippen LogP contribution in [0.15, 0.2) is 0 Å². The van der Waals surface area contributed by atoms with Gasteiger partial charge in [-0.05, 0) is 0 Å². The van der Waals surface area contributed by atoms with Crippen molar-refractivity contribution in [1.82, 2.24) is 0 Å². The molecular formula is C18H38O13. The minimum absolute atomic E-state index is 0.140. The van der Waals surface area contributed by atoms with E-state index in [-0.39, 0.29) is 26.4 Å². The third-order valence-corrected chi connectivity index (χ3v) is 4.09. The number of aliphatic hydroxyl groups is 8. The highest BCUT2D eigenvalue weighted by Crippen LogP contribution is 2.08. The van der Waals surface area contributed by atoms with Crippen LogP contribution in [-0.2, 0) is 23.7 Å². The molecule has 0 saturated heterocycles. The first-order valence-corrected chi connectivity index (χ1v) is 10.00. The highest BCUT2D eigenvalue weighted by Gasteiger charge is 2.23. The monoisotopic (exact) mass is 462 g/mol. The average Bonchev–Trinajstić information content (AvgIpc) is 2.80. The zero-order valence-corrected chi connectivity index (χ0v) is 17.6. The number of hydrogen-bond acceptors (Lipinski definition) is 13. The zero-order valence-electron chi connectivity index (χ0n) is 17.6. The van der Waals surface area contributed by atoms with E-state index in [2.05, 4.69) is 0 Å². The molecule has 0 aliphatic rings. The Hall–Kier alpha value is -0.520. The van der Waals surface area contributed by atoms with Crippen LogP contribution in [0.3, 0.4) is 0 Å². The number of rotatable bonds is 22. The maximum Gasteiger partial charge on any atom is 0.105 e. The lowest BCUT2D eigenvalue weighted by atomic mass is 10.3. The van der Waals surface area contributed by atoms with Gasteiger partial charge in [-0.15, -0.1) is 0 Å². The zero-order chi connectivity index (χ0) is 23.5. The van der Waals surface area contributed by atoms with Gasteiger partial charge in [0.25, 0.3) is 0 Å². The molecule has 0 heterocycles. The van der Waals surface area contributed by atoms with Crippen molar-refractivity contribution < 1.29 is 64.5 Å². The van der Waals surface area contributed by atoms with Crippen molar-refractivity contribution in [3.63, 3.8) is 0 Å². The van der Waals surface area contributed by atoms with Crippen LogP contribution in [0.2, 0.25) is 0 Å². The fourth-order valence-electron chi connectivity index (χ4n) is 2.15. The van der Waals surface area contributed by atoms with Gasteiger partial charge < -0.3 is 64.5 Å². The molecule has 0 atom stereocenters. The molecule has 0 aliphatic carbocycles. The molecule has 0 unspecified atom stereocenters. The van der Waals surface area contributed by atoms with Gasteiger partial charge in [-0.1, -0.05) is 0 Å². The highest BCUT2D eigenvalue weighted by atomic mass is 16.6. The Labute approximate surface area is 181 Å². The third kappa shape index (κ3) is 14.3. The molecule has 188 valence electrons. The van der Waals surface area contributed by atoms with Crippen molar-refractivity contribution in [3.8, 4) is 0 Å². The molecule has 31 heavy (non-hydrogen) atoms. The van der Waals surface area contributed by atoms with Crippen molar-refractivity contribution in [2.45, 2.75) is 36.6 Å². The third-order valence-electron chi connectivity index (χ3n) is 4.09. The smallest absolute Gasteiger partial charge is 0.105 e. The summed E-state index contributed by atoms with van der Waals surface area (Å²) in [7, 11) is 0. The van der Waals surface area contributed by atoms with Gasteiger partial charge in [0.05, 0.1) is 79.3 Å². The van der Waals surface area contributed by atoms with Gasteiger partial charge in [-0.3, -0.25) is 0 Å². The van der Waals surface area contributed by atoms with Gasteiger partial charge in [0.1, 0.15) is 36.6 Å². The lowest BCUT2D eigenvalue weighted by Gasteiger charge is -2.28. The molecule has 0 rings (SSSR count). The summed E-state index contributed by atoms with van der Waals surface area (Å²) >= 11 is 0.